The van der Waals surface area contributed by atoms with Gasteiger partial charge in [-0.3, -0.25) is 5.32 Å². The van der Waals surface area contributed by atoms with Crippen LogP contribution in [0.25, 0.3) is 0 Å². The summed E-state index contributed by atoms with van der Waals surface area (Å²) >= 11 is 0. The van der Waals surface area contributed by atoms with Crippen molar-refractivity contribution in [3.8, 4) is 0 Å². The van der Waals surface area contributed by atoms with E-state index in [9.17, 15) is 5.11 Å². The summed E-state index contributed by atoms with van der Waals surface area (Å²) in [6, 6.07) is 20.4. The SMILES string of the molecule is CCCC(O)CO[C@@]1(NC)C[C@@H](OCc2ccccc2)C[C@H]1OCc1ccccc1. The summed E-state index contributed by atoms with van der Waals surface area (Å²) in [7, 11) is 1.89. The van der Waals surface area contributed by atoms with Gasteiger partial charge in [0.15, 0.2) is 0 Å². The highest BCUT2D eigenvalue weighted by atomic mass is 16.6. The molecule has 0 radical (unpaired) electrons. The van der Waals surface area contributed by atoms with Crippen LogP contribution in [-0.4, -0.2) is 42.8 Å². The standard InChI is InChI=1S/C25H35NO4/c1-3-10-22(27)19-30-25(26-2)16-23(28-17-20-11-6-4-7-12-20)15-24(25)29-18-21-13-8-5-9-14-21/h4-9,11-14,22-24,26-27H,3,10,15-19H2,1-2H3/t22?,23-,24+,25-/m0/s1. The van der Waals surface area contributed by atoms with E-state index in [1.165, 1.54) is 0 Å². The van der Waals surface area contributed by atoms with E-state index >= 15 is 0 Å². The van der Waals surface area contributed by atoms with Gasteiger partial charge in [-0.1, -0.05) is 74.0 Å². The van der Waals surface area contributed by atoms with Crippen molar-refractivity contribution in [3.05, 3.63) is 71.8 Å². The zero-order chi connectivity index (χ0) is 21.2. The van der Waals surface area contributed by atoms with Crippen molar-refractivity contribution < 1.29 is 19.3 Å². The predicted octanol–water partition coefficient (Wildman–Crippen LogP) is 4.04. The Balaban J connectivity index is 1.65. The van der Waals surface area contributed by atoms with Crippen molar-refractivity contribution in [2.75, 3.05) is 13.7 Å². The van der Waals surface area contributed by atoms with Crippen LogP contribution in [-0.2, 0) is 27.4 Å². The lowest BCUT2D eigenvalue weighted by molar-refractivity contribution is -0.165. The van der Waals surface area contributed by atoms with Gasteiger partial charge in [0, 0.05) is 12.8 Å². The maximum atomic E-state index is 10.2. The molecule has 0 bridgehead atoms. The van der Waals surface area contributed by atoms with Gasteiger partial charge in [0.2, 0.25) is 0 Å². The first-order valence-corrected chi connectivity index (χ1v) is 11.0. The summed E-state index contributed by atoms with van der Waals surface area (Å²) in [5.41, 5.74) is 1.60. The average Bonchev–Trinajstić information content (AvgIpc) is 3.14. The second-order valence-corrected chi connectivity index (χ2v) is 8.04. The monoisotopic (exact) mass is 413 g/mol. The maximum Gasteiger partial charge on any atom is 0.148 e. The lowest BCUT2D eigenvalue weighted by atomic mass is 10.1. The second-order valence-electron chi connectivity index (χ2n) is 8.04. The lowest BCUT2D eigenvalue weighted by Gasteiger charge is -2.35. The zero-order valence-corrected chi connectivity index (χ0v) is 18.1. The molecule has 2 N–H and O–H groups in total. The third-order valence-electron chi connectivity index (χ3n) is 5.73. The molecule has 0 amide bonds. The third kappa shape index (κ3) is 6.37. The summed E-state index contributed by atoms with van der Waals surface area (Å²) in [5.74, 6) is 0. The Hall–Kier alpha value is -1.76. The van der Waals surface area contributed by atoms with E-state index in [1.54, 1.807) is 0 Å². The number of aliphatic hydroxyl groups excluding tert-OH is 1. The minimum absolute atomic E-state index is 0.0155. The molecule has 4 atom stereocenters. The molecular weight excluding hydrogens is 378 g/mol. The van der Waals surface area contributed by atoms with Crippen molar-refractivity contribution in [1.82, 2.24) is 5.32 Å². The van der Waals surface area contributed by atoms with Crippen molar-refractivity contribution in [1.29, 1.82) is 0 Å². The molecule has 0 aromatic heterocycles. The first kappa shape index (κ1) is 22.9. The largest absolute Gasteiger partial charge is 0.391 e. The first-order chi connectivity index (χ1) is 14.6. The Bertz CT molecular complexity index is 726. The summed E-state index contributed by atoms with van der Waals surface area (Å²) in [6.45, 7) is 3.42. The van der Waals surface area contributed by atoms with Gasteiger partial charge in [-0.15, -0.1) is 0 Å². The fourth-order valence-electron chi connectivity index (χ4n) is 4.02. The normalized spacial score (nSPS) is 24.8. The van der Waals surface area contributed by atoms with E-state index in [4.69, 9.17) is 14.2 Å². The Morgan fingerprint density at radius 1 is 1.00 bits per heavy atom. The van der Waals surface area contributed by atoms with Gasteiger partial charge in [-0.25, -0.2) is 0 Å². The molecule has 5 heteroatoms. The molecule has 1 aliphatic rings. The maximum absolute atomic E-state index is 10.2. The smallest absolute Gasteiger partial charge is 0.148 e. The summed E-state index contributed by atoms with van der Waals surface area (Å²) in [6.07, 6.45) is 2.44. The van der Waals surface area contributed by atoms with Crippen LogP contribution < -0.4 is 5.32 Å². The van der Waals surface area contributed by atoms with Gasteiger partial charge in [-0.05, 0) is 24.6 Å². The number of ether oxygens (including phenoxy) is 3. The highest BCUT2D eigenvalue weighted by Gasteiger charge is 2.49. The van der Waals surface area contributed by atoms with Crippen LogP contribution >= 0.6 is 0 Å². The molecule has 1 unspecified atom stereocenters. The van der Waals surface area contributed by atoms with Crippen LogP contribution in [0.2, 0.25) is 0 Å². The number of benzene rings is 2. The highest BCUT2D eigenvalue weighted by molar-refractivity contribution is 5.14. The first-order valence-electron chi connectivity index (χ1n) is 11.0. The van der Waals surface area contributed by atoms with Crippen LogP contribution in [0.5, 0.6) is 0 Å². The Kier molecular flexibility index (Phi) is 8.85. The van der Waals surface area contributed by atoms with Gasteiger partial charge in [-0.2, -0.15) is 0 Å². The molecule has 1 saturated carbocycles. The van der Waals surface area contributed by atoms with Crippen molar-refractivity contribution in [3.63, 3.8) is 0 Å². The molecule has 0 aliphatic heterocycles. The summed E-state index contributed by atoms with van der Waals surface area (Å²) in [4.78, 5) is 0. The van der Waals surface area contributed by atoms with Crippen LogP contribution in [0.1, 0.15) is 43.7 Å². The minimum Gasteiger partial charge on any atom is -0.391 e. The number of nitrogens with one attached hydrogen (secondary N) is 1. The number of hydrogen-bond donors (Lipinski definition) is 2. The van der Waals surface area contributed by atoms with Crippen LogP contribution in [0.4, 0.5) is 0 Å². The van der Waals surface area contributed by atoms with E-state index in [0.29, 0.717) is 19.6 Å². The second kappa shape index (κ2) is 11.6. The molecule has 2 aromatic carbocycles. The molecule has 2 aromatic rings. The van der Waals surface area contributed by atoms with Gasteiger partial charge in [0.25, 0.3) is 0 Å². The van der Waals surface area contributed by atoms with Crippen molar-refractivity contribution >= 4 is 0 Å². The minimum atomic E-state index is -0.676. The van der Waals surface area contributed by atoms with Crippen molar-refractivity contribution in [2.24, 2.45) is 0 Å². The topological polar surface area (TPSA) is 60.0 Å². The van der Waals surface area contributed by atoms with Gasteiger partial charge < -0.3 is 19.3 Å². The summed E-state index contributed by atoms with van der Waals surface area (Å²) < 4.78 is 18.8. The lowest BCUT2D eigenvalue weighted by Crippen LogP contribution is -2.53. The fraction of sp³-hybridized carbons (Fsp3) is 0.520. The van der Waals surface area contributed by atoms with E-state index < -0.39 is 11.8 Å². The van der Waals surface area contributed by atoms with Gasteiger partial charge in [0.05, 0.1) is 32.0 Å². The molecule has 30 heavy (non-hydrogen) atoms. The molecule has 1 fully saturated rings. The van der Waals surface area contributed by atoms with E-state index in [-0.39, 0.29) is 18.8 Å². The molecule has 0 spiro atoms. The highest BCUT2D eigenvalue weighted by Crippen LogP contribution is 2.36. The number of likely N-dealkylation sites (N-methyl/N-ethyl adjacent to an activating group) is 1. The Labute approximate surface area is 180 Å². The molecule has 3 rings (SSSR count). The summed E-state index contributed by atoms with van der Waals surface area (Å²) in [5, 5.41) is 13.6. The third-order valence-corrected chi connectivity index (χ3v) is 5.73. The number of hydrogen-bond acceptors (Lipinski definition) is 5. The molecular formula is C25H35NO4. The predicted molar refractivity (Wildman–Crippen MR) is 118 cm³/mol. The quantitative estimate of drug-likeness (QED) is 0.514. The zero-order valence-electron chi connectivity index (χ0n) is 18.1. The molecule has 5 nitrogen and oxygen atoms in total. The van der Waals surface area contributed by atoms with E-state index in [2.05, 4.69) is 36.5 Å². The van der Waals surface area contributed by atoms with Gasteiger partial charge >= 0.3 is 0 Å². The van der Waals surface area contributed by atoms with E-state index in [1.807, 2.05) is 43.4 Å². The number of aliphatic hydroxyl groups is 1. The van der Waals surface area contributed by atoms with Crippen LogP contribution in [0.15, 0.2) is 60.7 Å². The molecule has 0 saturated heterocycles. The number of rotatable bonds is 12. The molecule has 0 heterocycles. The van der Waals surface area contributed by atoms with Crippen LogP contribution in [0, 0.1) is 0 Å². The van der Waals surface area contributed by atoms with E-state index in [0.717, 1.165) is 30.4 Å². The molecule has 164 valence electrons. The average molecular weight is 414 g/mol. The Morgan fingerprint density at radius 3 is 2.17 bits per heavy atom. The van der Waals surface area contributed by atoms with Crippen molar-refractivity contribution in [2.45, 2.75) is 69.9 Å². The van der Waals surface area contributed by atoms with Crippen LogP contribution in [0.3, 0.4) is 0 Å². The van der Waals surface area contributed by atoms with Gasteiger partial charge in [0.1, 0.15) is 11.8 Å². The fourth-order valence-corrected chi connectivity index (χ4v) is 4.02. The Morgan fingerprint density at radius 2 is 1.60 bits per heavy atom. The molecule has 1 aliphatic carbocycles.